The predicted molar refractivity (Wildman–Crippen MR) is 94.0 cm³/mol. The van der Waals surface area contributed by atoms with E-state index in [1.54, 1.807) is 31.2 Å². The molecule has 1 aromatic rings. The number of benzene rings is 1. The first-order valence-electron chi connectivity index (χ1n) is 8.36. The molecule has 2 aliphatic rings. The van der Waals surface area contributed by atoms with Gasteiger partial charge in [-0.2, -0.15) is 5.10 Å². The summed E-state index contributed by atoms with van der Waals surface area (Å²) in [6.45, 7) is 4.31. The van der Waals surface area contributed by atoms with Gasteiger partial charge in [-0.1, -0.05) is 12.1 Å². The third kappa shape index (κ3) is 2.49. The first-order valence-corrected chi connectivity index (χ1v) is 8.36. The number of imide groups is 1. The second-order valence-electron chi connectivity index (χ2n) is 6.27. The normalized spacial score (nSPS) is 24.0. The summed E-state index contributed by atoms with van der Waals surface area (Å²) in [5.74, 6) is -3.67. The van der Waals surface area contributed by atoms with Crippen LogP contribution in [0.25, 0.3) is 0 Å². The highest BCUT2D eigenvalue weighted by molar-refractivity contribution is 6.47. The lowest BCUT2D eigenvalue weighted by Gasteiger charge is -2.29. The molecule has 2 atom stereocenters. The topological polar surface area (TPSA) is 106 Å². The number of anilines is 1. The molecule has 142 valence electrons. The fourth-order valence-corrected chi connectivity index (χ4v) is 3.49. The molecule has 0 saturated carbocycles. The van der Waals surface area contributed by atoms with Crippen LogP contribution in [0, 0.1) is 5.92 Å². The van der Waals surface area contributed by atoms with Crippen molar-refractivity contribution < 1.29 is 28.7 Å². The maximum atomic E-state index is 13.3. The van der Waals surface area contributed by atoms with Gasteiger partial charge in [0.15, 0.2) is 11.3 Å². The van der Waals surface area contributed by atoms with Crippen LogP contribution in [0.3, 0.4) is 0 Å². The van der Waals surface area contributed by atoms with Gasteiger partial charge in [-0.3, -0.25) is 14.4 Å². The van der Waals surface area contributed by atoms with E-state index in [9.17, 15) is 19.2 Å². The van der Waals surface area contributed by atoms with Gasteiger partial charge in [0.25, 0.3) is 5.91 Å². The van der Waals surface area contributed by atoms with E-state index in [1.807, 2.05) is 0 Å². The molecule has 0 spiro atoms. The number of hydrazone groups is 1. The Morgan fingerprint density at radius 2 is 1.93 bits per heavy atom. The average Bonchev–Trinajstić information content (AvgIpc) is 3.05. The molecule has 2 unspecified atom stereocenters. The van der Waals surface area contributed by atoms with Gasteiger partial charge in [-0.05, 0) is 26.0 Å². The summed E-state index contributed by atoms with van der Waals surface area (Å²) in [6, 6.07) is 6.51. The summed E-state index contributed by atoms with van der Waals surface area (Å²) in [7, 11) is 1.42. The summed E-state index contributed by atoms with van der Waals surface area (Å²) in [6.07, 6.45) is 0. The monoisotopic (exact) mass is 373 g/mol. The lowest BCUT2D eigenvalue weighted by molar-refractivity contribution is -0.142. The molecule has 1 saturated heterocycles. The fourth-order valence-electron chi connectivity index (χ4n) is 3.49. The third-order valence-electron chi connectivity index (χ3n) is 4.70. The molecule has 0 N–H and O–H groups in total. The molecule has 3 rings (SSSR count). The van der Waals surface area contributed by atoms with Crippen LogP contribution in [0.2, 0.25) is 0 Å². The first-order chi connectivity index (χ1) is 12.8. The quantitative estimate of drug-likeness (QED) is 0.569. The number of carbonyl (C=O) groups is 4. The Balaban J connectivity index is 2.15. The van der Waals surface area contributed by atoms with Gasteiger partial charge in [0.1, 0.15) is 11.7 Å². The summed E-state index contributed by atoms with van der Waals surface area (Å²) in [5.41, 5.74) is -1.67. The van der Waals surface area contributed by atoms with E-state index in [0.29, 0.717) is 5.75 Å². The minimum atomic E-state index is -1.65. The van der Waals surface area contributed by atoms with Gasteiger partial charge < -0.3 is 9.47 Å². The Morgan fingerprint density at radius 1 is 1.26 bits per heavy atom. The van der Waals surface area contributed by atoms with E-state index in [0.717, 1.165) is 9.91 Å². The number of hydrogen-bond acceptors (Lipinski definition) is 7. The standard InChI is InChI=1S/C18H19N3O6/c1-5-27-16(24)14-13-15(23)20(11-8-6-7-9-12(11)26-4)17(25)18(13,3)21(19-14)10(2)22/h6-9,13H,5H2,1-4H3. The zero-order valence-corrected chi connectivity index (χ0v) is 15.4. The molecule has 9 nitrogen and oxygen atoms in total. The highest BCUT2D eigenvalue weighted by Gasteiger charge is 2.68. The van der Waals surface area contributed by atoms with Crippen molar-refractivity contribution in [2.75, 3.05) is 18.6 Å². The molecule has 0 aliphatic carbocycles. The SMILES string of the molecule is CCOC(=O)C1=NN(C(C)=O)C2(C)C(=O)N(c3ccccc3OC)C(=O)C12. The van der Waals surface area contributed by atoms with Crippen LogP contribution >= 0.6 is 0 Å². The molecular weight excluding hydrogens is 354 g/mol. The maximum absolute atomic E-state index is 13.3. The van der Waals surface area contributed by atoms with Gasteiger partial charge in [-0.15, -0.1) is 0 Å². The highest BCUT2D eigenvalue weighted by atomic mass is 16.5. The zero-order valence-electron chi connectivity index (χ0n) is 15.4. The maximum Gasteiger partial charge on any atom is 0.355 e. The molecule has 3 amide bonds. The Kier molecular flexibility index (Phi) is 4.46. The van der Waals surface area contributed by atoms with Crippen LogP contribution in [0.1, 0.15) is 20.8 Å². The van der Waals surface area contributed by atoms with E-state index in [1.165, 1.54) is 21.0 Å². The van der Waals surface area contributed by atoms with Gasteiger partial charge >= 0.3 is 5.97 Å². The number of nitrogens with zero attached hydrogens (tertiary/aromatic N) is 3. The van der Waals surface area contributed by atoms with Crippen LogP contribution in [0.15, 0.2) is 29.4 Å². The highest BCUT2D eigenvalue weighted by Crippen LogP contribution is 2.45. The van der Waals surface area contributed by atoms with Crippen LogP contribution in [0.5, 0.6) is 5.75 Å². The summed E-state index contributed by atoms with van der Waals surface area (Å²) >= 11 is 0. The molecule has 0 radical (unpaired) electrons. The van der Waals surface area contributed by atoms with Crippen molar-refractivity contribution in [2.45, 2.75) is 26.3 Å². The number of fused-ring (bicyclic) bond motifs is 1. The predicted octanol–water partition coefficient (Wildman–Crippen LogP) is 0.724. The van der Waals surface area contributed by atoms with Gasteiger partial charge in [0.2, 0.25) is 11.8 Å². The van der Waals surface area contributed by atoms with Gasteiger partial charge in [-0.25, -0.2) is 14.7 Å². The van der Waals surface area contributed by atoms with Crippen molar-refractivity contribution in [2.24, 2.45) is 11.0 Å². The average molecular weight is 373 g/mol. The number of amides is 3. The van der Waals surface area contributed by atoms with Crippen molar-refractivity contribution >= 4 is 35.1 Å². The second kappa shape index (κ2) is 6.49. The Hall–Kier alpha value is -3.23. The minimum Gasteiger partial charge on any atom is -0.495 e. The number of carbonyl (C=O) groups excluding carboxylic acids is 4. The summed E-state index contributed by atoms with van der Waals surface area (Å²) in [4.78, 5) is 51.8. The minimum absolute atomic E-state index is 0.0692. The van der Waals surface area contributed by atoms with E-state index in [4.69, 9.17) is 9.47 Å². The van der Waals surface area contributed by atoms with E-state index >= 15 is 0 Å². The Bertz CT molecular complexity index is 880. The zero-order chi connectivity index (χ0) is 19.9. The largest absolute Gasteiger partial charge is 0.495 e. The molecule has 2 aliphatic heterocycles. The molecular formula is C18H19N3O6. The van der Waals surface area contributed by atoms with Crippen molar-refractivity contribution in [3.8, 4) is 5.75 Å². The van der Waals surface area contributed by atoms with Gasteiger partial charge in [0, 0.05) is 6.92 Å². The number of hydrogen-bond donors (Lipinski definition) is 0. The molecule has 1 fully saturated rings. The molecule has 27 heavy (non-hydrogen) atoms. The smallest absolute Gasteiger partial charge is 0.355 e. The van der Waals surface area contributed by atoms with Crippen LogP contribution in [0.4, 0.5) is 5.69 Å². The van der Waals surface area contributed by atoms with Crippen molar-refractivity contribution in [3.63, 3.8) is 0 Å². The summed E-state index contributed by atoms with van der Waals surface area (Å²) < 4.78 is 10.2. The lowest BCUT2D eigenvalue weighted by atomic mass is 9.85. The summed E-state index contributed by atoms with van der Waals surface area (Å²) in [5, 5.41) is 4.85. The second-order valence-corrected chi connectivity index (χ2v) is 6.27. The fraction of sp³-hybridized carbons (Fsp3) is 0.389. The number of rotatable bonds is 4. The molecule has 2 heterocycles. The van der Waals surface area contributed by atoms with E-state index in [-0.39, 0.29) is 18.0 Å². The number of esters is 1. The van der Waals surface area contributed by atoms with Crippen molar-refractivity contribution in [1.82, 2.24) is 5.01 Å². The Labute approximate surface area is 155 Å². The number of ether oxygens (including phenoxy) is 2. The van der Waals surface area contributed by atoms with Crippen molar-refractivity contribution in [1.29, 1.82) is 0 Å². The van der Waals surface area contributed by atoms with E-state index < -0.39 is 35.1 Å². The Morgan fingerprint density at radius 3 is 2.52 bits per heavy atom. The van der Waals surface area contributed by atoms with Crippen LogP contribution in [-0.4, -0.2) is 53.7 Å². The number of para-hydroxylation sites is 2. The van der Waals surface area contributed by atoms with Gasteiger partial charge in [0.05, 0.1) is 19.4 Å². The molecule has 9 heteroatoms. The molecule has 0 bridgehead atoms. The molecule has 0 aromatic heterocycles. The van der Waals surface area contributed by atoms with Crippen LogP contribution in [-0.2, 0) is 23.9 Å². The molecule has 1 aromatic carbocycles. The lowest BCUT2D eigenvalue weighted by Crippen LogP contribution is -2.52. The van der Waals surface area contributed by atoms with E-state index in [2.05, 4.69) is 5.10 Å². The van der Waals surface area contributed by atoms with Crippen LogP contribution < -0.4 is 9.64 Å². The number of methoxy groups -OCH3 is 1. The first kappa shape index (κ1) is 18.6. The van der Waals surface area contributed by atoms with Crippen molar-refractivity contribution in [3.05, 3.63) is 24.3 Å². The third-order valence-corrected chi connectivity index (χ3v) is 4.70.